The number of aromatic nitrogens is 3. The third-order valence-electron chi connectivity index (χ3n) is 5.43. The molecule has 0 unspecified atom stereocenters. The fourth-order valence-corrected chi connectivity index (χ4v) is 3.96. The average Bonchev–Trinajstić information content (AvgIpc) is 3.30. The predicted molar refractivity (Wildman–Crippen MR) is 99.6 cm³/mol. The number of aliphatic hydroxyl groups excluding tert-OH is 1. The summed E-state index contributed by atoms with van der Waals surface area (Å²) in [5, 5.41) is 10.7. The lowest BCUT2D eigenvalue weighted by atomic mass is 10.1. The molecule has 5 heteroatoms. The van der Waals surface area contributed by atoms with Gasteiger partial charge in [0.1, 0.15) is 0 Å². The third-order valence-corrected chi connectivity index (χ3v) is 5.43. The first-order valence-electron chi connectivity index (χ1n) is 9.09. The van der Waals surface area contributed by atoms with E-state index < -0.39 is 6.10 Å². The maximum absolute atomic E-state index is 10.7. The zero-order valence-corrected chi connectivity index (χ0v) is 14.9. The molecule has 4 rings (SSSR count). The molecule has 0 radical (unpaired) electrons. The van der Waals surface area contributed by atoms with Gasteiger partial charge in [0.15, 0.2) is 0 Å². The molecule has 0 saturated carbocycles. The number of nitrogens with one attached hydrogen (secondary N) is 1. The van der Waals surface area contributed by atoms with Crippen LogP contribution in [0.4, 0.5) is 0 Å². The fourth-order valence-electron chi connectivity index (χ4n) is 3.96. The number of aromatic amines is 1. The molecule has 132 valence electrons. The van der Waals surface area contributed by atoms with E-state index in [-0.39, 0.29) is 0 Å². The first kappa shape index (κ1) is 16.4. The lowest BCUT2D eigenvalue weighted by molar-refractivity contribution is 0.0921. The summed E-state index contributed by atoms with van der Waals surface area (Å²) in [6.45, 7) is 6.54. The molecule has 5 nitrogen and oxygen atoms in total. The molecule has 2 N–H and O–H groups in total. The molecule has 3 aromatic rings. The second-order valence-corrected chi connectivity index (χ2v) is 7.25. The van der Waals surface area contributed by atoms with Crippen molar-refractivity contribution >= 4 is 11.0 Å². The summed E-state index contributed by atoms with van der Waals surface area (Å²) in [5.74, 6) is 0. The van der Waals surface area contributed by atoms with Gasteiger partial charge in [0.05, 0.1) is 30.0 Å². The summed E-state index contributed by atoms with van der Waals surface area (Å²) in [4.78, 5) is 10.2. The van der Waals surface area contributed by atoms with Crippen LogP contribution < -0.4 is 0 Å². The van der Waals surface area contributed by atoms with Gasteiger partial charge in [-0.25, -0.2) is 4.98 Å². The van der Waals surface area contributed by atoms with E-state index in [1.807, 2.05) is 18.6 Å². The Bertz CT molecular complexity index is 852. The monoisotopic (exact) mass is 338 g/mol. The van der Waals surface area contributed by atoms with Crippen LogP contribution in [0, 0.1) is 13.8 Å². The number of hydrogen-bond donors (Lipinski definition) is 2. The van der Waals surface area contributed by atoms with Gasteiger partial charge in [-0.05, 0) is 68.6 Å². The number of aryl methyl sites for hydroxylation is 2. The Balaban J connectivity index is 1.47. The highest BCUT2D eigenvalue weighted by Gasteiger charge is 2.28. The fraction of sp³-hybridized carbons (Fsp3) is 0.450. The van der Waals surface area contributed by atoms with Crippen molar-refractivity contribution in [3.63, 3.8) is 0 Å². The van der Waals surface area contributed by atoms with Gasteiger partial charge in [-0.3, -0.25) is 4.90 Å². The maximum Gasteiger partial charge on any atom is 0.0959 e. The molecule has 0 bridgehead atoms. The highest BCUT2D eigenvalue weighted by molar-refractivity contribution is 5.77. The van der Waals surface area contributed by atoms with E-state index in [2.05, 4.69) is 51.5 Å². The predicted octanol–water partition coefficient (Wildman–Crippen LogP) is 3.18. The van der Waals surface area contributed by atoms with Gasteiger partial charge in [-0.15, -0.1) is 0 Å². The van der Waals surface area contributed by atoms with E-state index in [9.17, 15) is 5.11 Å². The van der Waals surface area contributed by atoms with Crippen molar-refractivity contribution in [3.8, 4) is 0 Å². The number of rotatable bonds is 5. The van der Waals surface area contributed by atoms with Crippen LogP contribution in [-0.4, -0.2) is 43.7 Å². The summed E-state index contributed by atoms with van der Waals surface area (Å²) in [5.41, 5.74) is 5.87. The Labute approximate surface area is 148 Å². The summed E-state index contributed by atoms with van der Waals surface area (Å²) in [6.07, 6.45) is 5.75. The number of imidazole rings is 1. The van der Waals surface area contributed by atoms with Crippen molar-refractivity contribution in [2.45, 2.75) is 45.4 Å². The standard InChI is InChI=1S/C20H26N4O/c1-14-9-18-20(10-15(14)2)24(13-22-18)12-16(25)11-23-8-4-6-19(23)17-5-3-7-21-17/h3,5,7,9-10,13,16,19,21,25H,4,6,8,11-12H2,1-2H3/t16-,19+/m0/s1. The van der Waals surface area contributed by atoms with Crippen LogP contribution in [0.15, 0.2) is 36.8 Å². The highest BCUT2D eigenvalue weighted by atomic mass is 16.3. The van der Waals surface area contributed by atoms with Crippen LogP contribution in [0.25, 0.3) is 11.0 Å². The second-order valence-electron chi connectivity index (χ2n) is 7.25. The normalized spacial score (nSPS) is 19.7. The molecular weight excluding hydrogens is 312 g/mol. The molecule has 3 heterocycles. The Morgan fingerprint density at radius 3 is 2.92 bits per heavy atom. The average molecular weight is 338 g/mol. The quantitative estimate of drug-likeness (QED) is 0.751. The van der Waals surface area contributed by atoms with E-state index in [1.54, 1.807) is 0 Å². The minimum Gasteiger partial charge on any atom is -0.390 e. The Hall–Kier alpha value is -2.11. The van der Waals surface area contributed by atoms with E-state index in [0.29, 0.717) is 19.1 Å². The number of β-amino-alcohol motifs (C(OH)–C–C–N with tert-alkyl or cyclic N) is 1. The number of hydrogen-bond acceptors (Lipinski definition) is 3. The lowest BCUT2D eigenvalue weighted by Gasteiger charge is -2.26. The first-order chi connectivity index (χ1) is 12.1. The molecule has 1 aliphatic heterocycles. The van der Waals surface area contributed by atoms with Crippen LogP contribution in [0.2, 0.25) is 0 Å². The minimum atomic E-state index is -0.408. The van der Waals surface area contributed by atoms with Crippen molar-refractivity contribution in [1.82, 2.24) is 19.4 Å². The molecule has 1 aliphatic rings. The summed E-state index contributed by atoms with van der Waals surface area (Å²) >= 11 is 0. The molecule has 2 atom stereocenters. The minimum absolute atomic E-state index is 0.397. The molecular formula is C20H26N4O. The number of H-pyrrole nitrogens is 1. The molecule has 25 heavy (non-hydrogen) atoms. The largest absolute Gasteiger partial charge is 0.390 e. The third kappa shape index (κ3) is 3.22. The highest BCUT2D eigenvalue weighted by Crippen LogP contribution is 2.31. The van der Waals surface area contributed by atoms with E-state index in [1.165, 1.54) is 23.2 Å². The number of likely N-dealkylation sites (tertiary alicyclic amines) is 1. The number of aliphatic hydroxyl groups is 1. The van der Waals surface area contributed by atoms with Gasteiger partial charge in [0.2, 0.25) is 0 Å². The van der Waals surface area contributed by atoms with Crippen LogP contribution >= 0.6 is 0 Å². The molecule has 1 fully saturated rings. The maximum atomic E-state index is 10.7. The van der Waals surface area contributed by atoms with Gasteiger partial charge in [0, 0.05) is 24.5 Å². The van der Waals surface area contributed by atoms with E-state index >= 15 is 0 Å². The lowest BCUT2D eigenvalue weighted by Crippen LogP contribution is -2.34. The second kappa shape index (κ2) is 6.65. The summed E-state index contributed by atoms with van der Waals surface area (Å²) < 4.78 is 2.08. The Morgan fingerprint density at radius 2 is 2.12 bits per heavy atom. The number of nitrogens with zero attached hydrogens (tertiary/aromatic N) is 3. The number of fused-ring (bicyclic) bond motifs is 1. The van der Waals surface area contributed by atoms with Gasteiger partial charge in [0.25, 0.3) is 0 Å². The molecule has 0 amide bonds. The van der Waals surface area contributed by atoms with Crippen LogP contribution in [0.5, 0.6) is 0 Å². The molecule has 1 saturated heterocycles. The van der Waals surface area contributed by atoms with Crippen molar-refractivity contribution in [2.75, 3.05) is 13.1 Å². The summed E-state index contributed by atoms with van der Waals surface area (Å²) in [7, 11) is 0. The van der Waals surface area contributed by atoms with E-state index in [0.717, 1.165) is 24.0 Å². The smallest absolute Gasteiger partial charge is 0.0959 e. The van der Waals surface area contributed by atoms with E-state index in [4.69, 9.17) is 0 Å². The van der Waals surface area contributed by atoms with Gasteiger partial charge in [-0.1, -0.05) is 0 Å². The van der Waals surface area contributed by atoms with Crippen molar-refractivity contribution in [2.24, 2.45) is 0 Å². The summed E-state index contributed by atoms with van der Waals surface area (Å²) in [6, 6.07) is 8.87. The Kier molecular flexibility index (Phi) is 4.36. The van der Waals surface area contributed by atoms with Crippen LogP contribution in [-0.2, 0) is 6.54 Å². The van der Waals surface area contributed by atoms with Crippen LogP contribution in [0.3, 0.4) is 0 Å². The molecule has 1 aromatic carbocycles. The van der Waals surface area contributed by atoms with Crippen LogP contribution in [0.1, 0.15) is 35.7 Å². The van der Waals surface area contributed by atoms with Gasteiger partial charge >= 0.3 is 0 Å². The topological polar surface area (TPSA) is 57.1 Å². The zero-order valence-electron chi connectivity index (χ0n) is 14.9. The van der Waals surface area contributed by atoms with Crippen molar-refractivity contribution in [3.05, 3.63) is 53.6 Å². The van der Waals surface area contributed by atoms with Crippen molar-refractivity contribution < 1.29 is 5.11 Å². The Morgan fingerprint density at radius 1 is 1.28 bits per heavy atom. The van der Waals surface area contributed by atoms with Gasteiger partial charge < -0.3 is 14.7 Å². The number of benzene rings is 1. The zero-order chi connectivity index (χ0) is 17.4. The SMILES string of the molecule is Cc1cc2ncn(C[C@@H](O)CN3CCC[C@@H]3c3ccc[nH]3)c2cc1C. The molecule has 0 aliphatic carbocycles. The molecule has 0 spiro atoms. The molecule has 2 aromatic heterocycles. The first-order valence-corrected chi connectivity index (χ1v) is 9.09. The van der Waals surface area contributed by atoms with Gasteiger partial charge in [-0.2, -0.15) is 0 Å². The van der Waals surface area contributed by atoms with Crippen molar-refractivity contribution in [1.29, 1.82) is 0 Å².